The number of aliphatic hydroxyl groups is 1. The first kappa shape index (κ1) is 14.0. The first-order valence-electron chi connectivity index (χ1n) is 5.53. The third-order valence-corrected chi connectivity index (χ3v) is 3.23. The quantitative estimate of drug-likeness (QED) is 0.856. The van der Waals surface area contributed by atoms with E-state index in [2.05, 4.69) is 10.1 Å². The molecule has 1 aromatic carbocycles. The first-order chi connectivity index (χ1) is 9.10. The molecule has 1 heterocycles. The van der Waals surface area contributed by atoms with Crippen LogP contribution in [0.3, 0.4) is 0 Å². The topological polar surface area (TPSA) is 59.2 Å². The molecule has 1 unspecified atom stereocenters. The van der Waals surface area contributed by atoms with Crippen molar-refractivity contribution in [3.63, 3.8) is 0 Å². The molecular formula is C12H12F2N2O2S. The Hall–Kier alpha value is -1.47. The van der Waals surface area contributed by atoms with E-state index in [4.69, 9.17) is 9.63 Å². The zero-order valence-corrected chi connectivity index (χ0v) is 10.9. The number of alkyl halides is 2. The fraction of sp³-hybridized carbons (Fsp3) is 0.333. The molecule has 1 atom stereocenters. The number of aliphatic hydroxyl groups excluding tert-OH is 1. The summed E-state index contributed by atoms with van der Waals surface area (Å²) in [6.07, 6.45) is -3.00. The molecule has 1 aromatic heterocycles. The molecule has 0 spiro atoms. The van der Waals surface area contributed by atoms with Crippen molar-refractivity contribution in [3.05, 3.63) is 30.2 Å². The minimum Gasteiger partial charge on any atom is -0.387 e. The van der Waals surface area contributed by atoms with Crippen molar-refractivity contribution in [1.82, 2.24) is 10.1 Å². The fourth-order valence-electron chi connectivity index (χ4n) is 1.46. The maximum Gasteiger partial charge on any atom is 0.264 e. The highest BCUT2D eigenvalue weighted by Gasteiger charge is 2.21. The Morgan fingerprint density at radius 1 is 1.32 bits per heavy atom. The Morgan fingerprint density at radius 3 is 2.58 bits per heavy atom. The Morgan fingerprint density at radius 2 is 2.00 bits per heavy atom. The van der Waals surface area contributed by atoms with Crippen molar-refractivity contribution in [3.8, 4) is 11.4 Å². The molecule has 1 N–H and O–H groups in total. The van der Waals surface area contributed by atoms with E-state index in [1.807, 2.05) is 30.5 Å². The average Bonchev–Trinajstić information content (AvgIpc) is 2.87. The maximum atomic E-state index is 12.2. The van der Waals surface area contributed by atoms with Crippen molar-refractivity contribution in [2.24, 2.45) is 0 Å². The molecule has 7 heteroatoms. The molecule has 0 aliphatic carbocycles. The molecule has 0 fully saturated rings. The van der Waals surface area contributed by atoms with Crippen LogP contribution in [0.4, 0.5) is 8.78 Å². The molecule has 0 bridgehead atoms. The van der Waals surface area contributed by atoms with E-state index in [9.17, 15) is 8.78 Å². The van der Waals surface area contributed by atoms with Crippen molar-refractivity contribution in [2.75, 3.05) is 6.26 Å². The number of aromatic nitrogens is 2. The molecule has 0 amide bonds. The highest BCUT2D eigenvalue weighted by atomic mass is 32.2. The van der Waals surface area contributed by atoms with E-state index < -0.39 is 12.5 Å². The second kappa shape index (κ2) is 6.12. The summed E-state index contributed by atoms with van der Waals surface area (Å²) in [7, 11) is 0. The number of hydrogen-bond acceptors (Lipinski definition) is 5. The average molecular weight is 286 g/mol. The molecule has 0 aliphatic rings. The summed E-state index contributed by atoms with van der Waals surface area (Å²) in [6.45, 7) is 0. The van der Waals surface area contributed by atoms with Crippen molar-refractivity contribution < 1.29 is 18.4 Å². The van der Waals surface area contributed by atoms with Crippen LogP contribution >= 0.6 is 11.8 Å². The maximum absolute atomic E-state index is 12.2. The first-order valence-corrected chi connectivity index (χ1v) is 6.76. The van der Waals surface area contributed by atoms with Gasteiger partial charge in [0.2, 0.25) is 11.7 Å². The zero-order chi connectivity index (χ0) is 13.8. The van der Waals surface area contributed by atoms with Gasteiger partial charge in [0.1, 0.15) is 6.10 Å². The van der Waals surface area contributed by atoms with Gasteiger partial charge in [-0.1, -0.05) is 5.16 Å². The lowest BCUT2D eigenvalue weighted by atomic mass is 10.2. The summed E-state index contributed by atoms with van der Waals surface area (Å²) in [5.41, 5.74) is 0.735. The lowest BCUT2D eigenvalue weighted by Crippen LogP contribution is -2.20. The number of benzene rings is 1. The Labute approximate surface area is 112 Å². The SMILES string of the molecule is CSc1ccc(-c2noc(CC(O)C(F)F)n2)cc1. The molecule has 0 saturated heterocycles. The molecule has 0 aliphatic heterocycles. The van der Waals surface area contributed by atoms with Gasteiger partial charge in [-0.3, -0.25) is 0 Å². The number of thioether (sulfide) groups is 1. The minimum atomic E-state index is -2.82. The summed E-state index contributed by atoms with van der Waals surface area (Å²) in [5, 5.41) is 12.8. The Balaban J connectivity index is 2.11. The number of nitrogens with zero attached hydrogens (tertiary/aromatic N) is 2. The standard InChI is InChI=1S/C12H12F2N2O2S/c1-19-8-4-2-7(3-5-8)12-15-10(18-16-12)6-9(17)11(13)14/h2-5,9,11,17H,6H2,1H3. The van der Waals surface area contributed by atoms with Crippen LogP contribution in [-0.2, 0) is 6.42 Å². The van der Waals surface area contributed by atoms with E-state index in [-0.39, 0.29) is 12.3 Å². The third-order valence-electron chi connectivity index (χ3n) is 2.49. The van der Waals surface area contributed by atoms with Crippen molar-refractivity contribution in [1.29, 1.82) is 0 Å². The summed E-state index contributed by atoms with van der Waals surface area (Å²) in [6, 6.07) is 7.46. The van der Waals surface area contributed by atoms with Gasteiger partial charge in [0.25, 0.3) is 6.43 Å². The van der Waals surface area contributed by atoms with Crippen LogP contribution in [0.15, 0.2) is 33.7 Å². The third kappa shape index (κ3) is 3.51. The van der Waals surface area contributed by atoms with Gasteiger partial charge >= 0.3 is 0 Å². The van der Waals surface area contributed by atoms with Crippen LogP contribution in [0.5, 0.6) is 0 Å². The van der Waals surface area contributed by atoms with Gasteiger partial charge in [-0.2, -0.15) is 4.98 Å². The largest absolute Gasteiger partial charge is 0.387 e. The second-order valence-electron chi connectivity index (χ2n) is 3.85. The molecule has 0 radical (unpaired) electrons. The molecular weight excluding hydrogens is 274 g/mol. The Kier molecular flexibility index (Phi) is 4.49. The van der Waals surface area contributed by atoms with Crippen LogP contribution in [-0.4, -0.2) is 34.0 Å². The van der Waals surface area contributed by atoms with Crippen molar-refractivity contribution >= 4 is 11.8 Å². The van der Waals surface area contributed by atoms with E-state index in [0.29, 0.717) is 5.82 Å². The van der Waals surface area contributed by atoms with Gasteiger partial charge < -0.3 is 9.63 Å². The Bertz CT molecular complexity index is 531. The van der Waals surface area contributed by atoms with Crippen LogP contribution < -0.4 is 0 Å². The summed E-state index contributed by atoms with van der Waals surface area (Å²) >= 11 is 1.61. The van der Waals surface area contributed by atoms with Crippen LogP contribution in [0.1, 0.15) is 5.89 Å². The predicted octanol–water partition coefficient (Wildman–Crippen LogP) is 2.63. The predicted molar refractivity (Wildman–Crippen MR) is 67.2 cm³/mol. The van der Waals surface area contributed by atoms with E-state index in [1.165, 1.54) is 0 Å². The monoisotopic (exact) mass is 286 g/mol. The smallest absolute Gasteiger partial charge is 0.264 e. The number of rotatable bonds is 5. The molecule has 102 valence electrons. The molecule has 2 rings (SSSR count). The van der Waals surface area contributed by atoms with E-state index in [1.54, 1.807) is 11.8 Å². The van der Waals surface area contributed by atoms with Gasteiger partial charge in [0, 0.05) is 10.5 Å². The summed E-state index contributed by atoms with van der Waals surface area (Å²) in [4.78, 5) is 5.08. The van der Waals surface area contributed by atoms with E-state index >= 15 is 0 Å². The van der Waals surface area contributed by atoms with Gasteiger partial charge in [0.15, 0.2) is 0 Å². The molecule has 19 heavy (non-hydrogen) atoms. The highest BCUT2D eigenvalue weighted by molar-refractivity contribution is 7.98. The summed E-state index contributed by atoms with van der Waals surface area (Å²) in [5.74, 6) is 0.320. The minimum absolute atomic E-state index is 0.00302. The zero-order valence-electron chi connectivity index (χ0n) is 10.1. The van der Waals surface area contributed by atoms with Gasteiger partial charge in [0.05, 0.1) is 6.42 Å². The molecule has 4 nitrogen and oxygen atoms in total. The molecule has 0 saturated carbocycles. The molecule has 2 aromatic rings. The number of hydrogen-bond donors (Lipinski definition) is 1. The normalized spacial score (nSPS) is 12.9. The van der Waals surface area contributed by atoms with E-state index in [0.717, 1.165) is 10.5 Å². The van der Waals surface area contributed by atoms with Gasteiger partial charge in [-0.15, -0.1) is 11.8 Å². The lowest BCUT2D eigenvalue weighted by Gasteiger charge is -2.04. The van der Waals surface area contributed by atoms with Crippen LogP contribution in [0.25, 0.3) is 11.4 Å². The van der Waals surface area contributed by atoms with Crippen molar-refractivity contribution in [2.45, 2.75) is 23.8 Å². The van der Waals surface area contributed by atoms with Gasteiger partial charge in [-0.05, 0) is 30.5 Å². The highest BCUT2D eigenvalue weighted by Crippen LogP contribution is 2.21. The fourth-order valence-corrected chi connectivity index (χ4v) is 1.87. The number of halogens is 2. The lowest BCUT2D eigenvalue weighted by molar-refractivity contribution is -0.00754. The van der Waals surface area contributed by atoms with Crippen LogP contribution in [0, 0.1) is 0 Å². The second-order valence-corrected chi connectivity index (χ2v) is 4.73. The van der Waals surface area contributed by atoms with Gasteiger partial charge in [-0.25, -0.2) is 8.78 Å². The summed E-state index contributed by atoms with van der Waals surface area (Å²) < 4.78 is 29.2. The van der Waals surface area contributed by atoms with Crippen LogP contribution in [0.2, 0.25) is 0 Å².